The Morgan fingerprint density at radius 3 is 0.975 bits per heavy atom. The number of halogens is 6. The van der Waals surface area contributed by atoms with E-state index in [1.54, 1.807) is 0 Å². The van der Waals surface area contributed by atoms with Crippen LogP contribution < -0.4 is 10.6 Å². The van der Waals surface area contributed by atoms with Crippen LogP contribution in [-0.4, -0.2) is 22.6 Å². The summed E-state index contributed by atoms with van der Waals surface area (Å²) in [6.07, 6.45) is 25.5. The van der Waals surface area contributed by atoms with E-state index in [0.29, 0.717) is 0 Å². The molecular formula is C30H48F6IrP3-. The number of benzene rings is 1. The molecule has 0 aromatic heterocycles. The Morgan fingerprint density at radius 2 is 0.775 bits per heavy atom. The van der Waals surface area contributed by atoms with E-state index in [0.717, 1.165) is 22.6 Å². The summed E-state index contributed by atoms with van der Waals surface area (Å²) in [5, 5.41) is 3.68. The molecule has 1 aliphatic carbocycles. The van der Waals surface area contributed by atoms with Crippen molar-refractivity contribution in [2.24, 2.45) is 0 Å². The second kappa shape index (κ2) is 16.7. The molecule has 0 bridgehead atoms. The number of hydrogen-bond acceptors (Lipinski definition) is 0. The van der Waals surface area contributed by atoms with E-state index in [4.69, 9.17) is 0 Å². The Hall–Kier alpha value is 0.739. The molecule has 4 atom stereocenters. The van der Waals surface area contributed by atoms with Gasteiger partial charge in [0.25, 0.3) is 0 Å². The van der Waals surface area contributed by atoms with Gasteiger partial charge in [-0.3, -0.25) is 0 Å². The summed E-state index contributed by atoms with van der Waals surface area (Å²) in [6, 6.07) is 9.79. The van der Waals surface area contributed by atoms with Crippen molar-refractivity contribution in [1.82, 2.24) is 0 Å². The minimum atomic E-state index is -10.7. The maximum absolute atomic E-state index is 10.7. The molecule has 0 N–H and O–H groups in total. The Balaban J connectivity index is 0.000000411. The largest absolute Gasteiger partial charge is 0.0496 e. The van der Waals surface area contributed by atoms with Crippen molar-refractivity contribution in [2.75, 3.05) is 0 Å². The van der Waals surface area contributed by atoms with Crippen molar-refractivity contribution in [3.63, 3.8) is 0 Å². The summed E-state index contributed by atoms with van der Waals surface area (Å²) in [5.41, 5.74) is 3.96. The first-order chi connectivity index (χ1) is 18.2. The Kier molecular flexibility index (Phi) is 16.2. The van der Waals surface area contributed by atoms with Gasteiger partial charge in [0, 0.05) is 20.1 Å². The van der Waals surface area contributed by atoms with Gasteiger partial charge in [0.05, 0.1) is 0 Å². The second-order valence-electron chi connectivity index (χ2n) is 10.8. The van der Waals surface area contributed by atoms with Crippen molar-refractivity contribution in [3.05, 3.63) is 49.9 Å². The van der Waals surface area contributed by atoms with Crippen LogP contribution in [0, 0.1) is 25.7 Å². The van der Waals surface area contributed by atoms with Crippen LogP contribution in [0.15, 0.2) is 24.3 Å². The molecular weight excluding hydrogens is 759 g/mol. The molecule has 3 aliphatic rings. The number of rotatable bonds is 6. The summed E-state index contributed by atoms with van der Waals surface area (Å²) < 4.78 is 59.2. The summed E-state index contributed by atoms with van der Waals surface area (Å²) >= 11 is 0. The third kappa shape index (κ3) is 14.5. The van der Waals surface area contributed by atoms with Crippen molar-refractivity contribution < 1.29 is 45.3 Å². The van der Waals surface area contributed by atoms with Gasteiger partial charge in [0.15, 0.2) is 0 Å². The van der Waals surface area contributed by atoms with Gasteiger partial charge in [-0.15, -0.1) is 0 Å². The molecule has 2 aliphatic heterocycles. The van der Waals surface area contributed by atoms with Crippen LogP contribution >= 0.6 is 23.7 Å². The van der Waals surface area contributed by atoms with Crippen LogP contribution in [0.3, 0.4) is 0 Å². The molecule has 0 nitrogen and oxygen atoms in total. The van der Waals surface area contributed by atoms with E-state index in [9.17, 15) is 25.2 Å². The van der Waals surface area contributed by atoms with Crippen LogP contribution in [-0.2, 0) is 20.1 Å². The molecule has 1 aromatic rings. The van der Waals surface area contributed by atoms with Crippen molar-refractivity contribution >= 4 is 34.3 Å². The van der Waals surface area contributed by atoms with Crippen LogP contribution in [0.25, 0.3) is 0 Å². The van der Waals surface area contributed by atoms with E-state index >= 15 is 0 Å². The molecule has 2 heterocycles. The normalized spacial score (nSPS) is 27.9. The topological polar surface area (TPSA) is 0 Å². The first-order valence-corrected chi connectivity index (χ1v) is 19.7. The van der Waals surface area contributed by atoms with Crippen LogP contribution in [0.4, 0.5) is 25.2 Å². The quantitative estimate of drug-likeness (QED) is 0.198. The maximum Gasteiger partial charge on any atom is 0 e. The molecule has 0 spiro atoms. The average molecular weight is 808 g/mol. The minimum absolute atomic E-state index is 0. The Labute approximate surface area is 256 Å². The zero-order chi connectivity index (χ0) is 29.2. The van der Waals surface area contributed by atoms with Gasteiger partial charge in [-0.2, -0.15) is 0 Å². The zero-order valence-corrected chi connectivity index (χ0v) is 29.4. The van der Waals surface area contributed by atoms with E-state index in [-0.39, 0.29) is 35.9 Å². The van der Waals surface area contributed by atoms with Gasteiger partial charge in [0.2, 0.25) is 0 Å². The smallest absolute Gasteiger partial charge is 0 e. The van der Waals surface area contributed by atoms with Gasteiger partial charge >= 0.3 is 33.0 Å². The minimum Gasteiger partial charge on any atom is -0.0496 e. The molecule has 2 saturated heterocycles. The van der Waals surface area contributed by atoms with Gasteiger partial charge in [-0.05, 0) is 136 Å². The molecule has 1 aromatic carbocycles. The monoisotopic (exact) mass is 808 g/mol. The van der Waals surface area contributed by atoms with Gasteiger partial charge in [0.1, 0.15) is 0 Å². The molecule has 4 rings (SSSR count). The fourth-order valence-electron chi connectivity index (χ4n) is 6.07. The molecule has 1 saturated carbocycles. The van der Waals surface area contributed by atoms with Crippen LogP contribution in [0.2, 0.25) is 0 Å². The predicted molar refractivity (Wildman–Crippen MR) is 164 cm³/mol. The molecule has 0 amide bonds. The van der Waals surface area contributed by atoms with E-state index in [1.807, 2.05) is 10.6 Å². The summed E-state index contributed by atoms with van der Waals surface area (Å²) in [6.45, 7) is 9.74. The van der Waals surface area contributed by atoms with Gasteiger partial charge < -0.3 is 0 Å². The Morgan fingerprint density at radius 1 is 0.550 bits per heavy atom. The van der Waals surface area contributed by atoms with E-state index in [2.05, 4.69) is 77.6 Å². The van der Waals surface area contributed by atoms with Crippen molar-refractivity contribution in [3.8, 4) is 0 Å². The van der Waals surface area contributed by atoms with E-state index < -0.39 is 7.81 Å². The first kappa shape index (κ1) is 38.8. The molecule has 3 fully saturated rings. The summed E-state index contributed by atoms with van der Waals surface area (Å²) in [7, 11) is -10.5. The average Bonchev–Trinajstić information content (AvgIpc) is 3.45. The fraction of sp³-hybridized carbons (Fsp3) is 0.667. The molecule has 40 heavy (non-hydrogen) atoms. The maximum atomic E-state index is 9.87. The molecule has 235 valence electrons. The first-order valence-electron chi connectivity index (χ1n) is 14.7. The number of hydrogen-bond donors (Lipinski definition) is 0. The van der Waals surface area contributed by atoms with Crippen LogP contribution in [0.5, 0.6) is 0 Å². The summed E-state index contributed by atoms with van der Waals surface area (Å²) in [5.74, 6) is 0. The zero-order valence-electron chi connectivity index (χ0n) is 24.4. The van der Waals surface area contributed by atoms with Crippen LogP contribution in [0.1, 0.15) is 105 Å². The Bertz CT molecular complexity index is 745. The SMILES string of the molecule is CC[C@@H]1CC[C@@H](CC)P1c1ccccc1P1[C@H](CC)CC[C@H]1CC.F[P-](F)(F)(F)(F)F.[CH]1[CH]CC[CH][CH]CC1.[Ir]. The van der Waals surface area contributed by atoms with E-state index in [1.165, 1.54) is 77.0 Å². The van der Waals surface area contributed by atoms with Gasteiger partial charge in [-0.25, -0.2) is 0 Å². The second-order valence-corrected chi connectivity index (χ2v) is 18.2. The predicted octanol–water partition coefficient (Wildman–Crippen LogP) is 12.4. The molecule has 10 heteroatoms. The molecule has 0 unspecified atom stereocenters. The third-order valence-electron chi connectivity index (χ3n) is 7.90. The van der Waals surface area contributed by atoms with Crippen molar-refractivity contribution in [1.29, 1.82) is 0 Å². The van der Waals surface area contributed by atoms with Gasteiger partial charge in [-0.1, -0.05) is 67.8 Å². The standard InChI is InChI=1S/C22H36P2.C8H12.F6P.Ir/c1-5-17-13-14-18(6-2)23(17)21-11-9-10-12-22(21)24-19(7-3)15-16-20(24)8-4;1-2-4-6-8-7-5-3-1;1-7(2,3,4,5)6;/h9-12,17-20H,5-8,13-16H2,1-4H3;1-2,7-8H,3-6H2;;/q;;-1;/t17-,18-,19-,20-;;;/m1.../s1. The molecule has 5 radical (unpaired) electrons. The van der Waals surface area contributed by atoms with Crippen molar-refractivity contribution in [2.45, 2.75) is 127 Å². The summed E-state index contributed by atoms with van der Waals surface area (Å²) in [4.78, 5) is 0. The third-order valence-corrected chi connectivity index (χ3v) is 15.6. The fourth-order valence-corrected chi connectivity index (χ4v) is 14.0.